The zero-order chi connectivity index (χ0) is 17.1. The van der Waals surface area contributed by atoms with Crippen LogP contribution in [0.2, 0.25) is 0 Å². The number of ether oxygens (including phenoxy) is 1. The molecule has 23 heavy (non-hydrogen) atoms. The van der Waals surface area contributed by atoms with E-state index in [9.17, 15) is 9.59 Å². The fourth-order valence-corrected chi connectivity index (χ4v) is 3.63. The van der Waals surface area contributed by atoms with Crippen molar-refractivity contribution in [3.63, 3.8) is 0 Å². The van der Waals surface area contributed by atoms with E-state index in [0.717, 1.165) is 13.1 Å². The van der Waals surface area contributed by atoms with E-state index in [2.05, 4.69) is 15.2 Å². The standard InChI is InChI=1S/C15H24N4O3S/c1-9-6-19(7-10(2)22-9)8-12(20)17-15-16-11(3)13(23-15)14(21)18(4)5/h9-10H,6-8H2,1-5H3,(H,16,17,20)/t9-,10+. The normalized spacial score (nSPS) is 22.0. The lowest BCUT2D eigenvalue weighted by molar-refractivity contribution is -0.121. The number of thiazole rings is 1. The first-order chi connectivity index (χ1) is 10.8. The molecule has 2 amide bonds. The minimum atomic E-state index is -0.121. The van der Waals surface area contributed by atoms with Gasteiger partial charge in [-0.25, -0.2) is 4.98 Å². The summed E-state index contributed by atoms with van der Waals surface area (Å²) >= 11 is 1.21. The molecule has 0 spiro atoms. The van der Waals surface area contributed by atoms with Crippen LogP contribution in [0, 0.1) is 6.92 Å². The van der Waals surface area contributed by atoms with Gasteiger partial charge in [0.25, 0.3) is 5.91 Å². The molecular formula is C15H24N4O3S. The van der Waals surface area contributed by atoms with Gasteiger partial charge >= 0.3 is 0 Å². The smallest absolute Gasteiger partial charge is 0.265 e. The molecule has 1 aliphatic heterocycles. The number of hydrogen-bond donors (Lipinski definition) is 1. The topological polar surface area (TPSA) is 74.8 Å². The van der Waals surface area contributed by atoms with Gasteiger partial charge in [-0.15, -0.1) is 0 Å². The summed E-state index contributed by atoms with van der Waals surface area (Å²) in [5.41, 5.74) is 0.637. The Kier molecular flexibility index (Phi) is 5.72. The monoisotopic (exact) mass is 340 g/mol. The van der Waals surface area contributed by atoms with Crippen molar-refractivity contribution in [3.05, 3.63) is 10.6 Å². The summed E-state index contributed by atoms with van der Waals surface area (Å²) in [6.07, 6.45) is 0.246. The number of rotatable bonds is 4. The molecule has 0 bridgehead atoms. The summed E-state index contributed by atoms with van der Waals surface area (Å²) in [5, 5.41) is 3.25. The van der Waals surface area contributed by atoms with Gasteiger partial charge in [0, 0.05) is 27.2 Å². The summed E-state index contributed by atoms with van der Waals surface area (Å²) in [6.45, 7) is 7.55. The highest BCUT2D eigenvalue weighted by Gasteiger charge is 2.24. The van der Waals surface area contributed by atoms with E-state index in [1.807, 2.05) is 13.8 Å². The van der Waals surface area contributed by atoms with Crippen molar-refractivity contribution >= 4 is 28.3 Å². The number of nitrogens with one attached hydrogen (secondary N) is 1. The first kappa shape index (κ1) is 17.8. The van der Waals surface area contributed by atoms with E-state index >= 15 is 0 Å². The Morgan fingerprint density at radius 3 is 2.52 bits per heavy atom. The van der Waals surface area contributed by atoms with Crippen molar-refractivity contribution < 1.29 is 14.3 Å². The van der Waals surface area contributed by atoms with E-state index in [4.69, 9.17) is 4.74 Å². The van der Waals surface area contributed by atoms with Crippen LogP contribution in [0.1, 0.15) is 29.2 Å². The summed E-state index contributed by atoms with van der Waals surface area (Å²) in [5.74, 6) is -0.222. The van der Waals surface area contributed by atoms with Crippen LogP contribution in [0.25, 0.3) is 0 Å². The number of amides is 2. The number of nitrogens with zero attached hydrogens (tertiary/aromatic N) is 3. The predicted octanol–water partition coefficient (Wildman–Crippen LogP) is 1.20. The Labute approximate surface area is 140 Å². The summed E-state index contributed by atoms with van der Waals surface area (Å²) in [4.78, 5) is 32.6. The van der Waals surface area contributed by atoms with Crippen molar-refractivity contribution in [3.8, 4) is 0 Å². The van der Waals surface area contributed by atoms with E-state index < -0.39 is 0 Å². The molecule has 1 aromatic rings. The summed E-state index contributed by atoms with van der Waals surface area (Å²) < 4.78 is 5.66. The fourth-order valence-electron chi connectivity index (χ4n) is 2.63. The van der Waals surface area contributed by atoms with Gasteiger partial charge in [-0.2, -0.15) is 0 Å². The number of aryl methyl sites for hydroxylation is 1. The van der Waals surface area contributed by atoms with Gasteiger partial charge in [0.1, 0.15) is 4.88 Å². The third kappa shape index (κ3) is 4.73. The number of carbonyl (C=O) groups is 2. The van der Waals surface area contributed by atoms with Gasteiger partial charge in [0.2, 0.25) is 5.91 Å². The molecule has 2 atom stereocenters. The molecule has 7 nitrogen and oxygen atoms in total. The van der Waals surface area contributed by atoms with Gasteiger partial charge in [-0.05, 0) is 20.8 Å². The lowest BCUT2D eigenvalue weighted by Gasteiger charge is -2.34. The van der Waals surface area contributed by atoms with Crippen molar-refractivity contribution in [1.82, 2.24) is 14.8 Å². The molecule has 0 aromatic carbocycles. The van der Waals surface area contributed by atoms with Crippen molar-refractivity contribution in [2.24, 2.45) is 0 Å². The molecule has 0 saturated carbocycles. The third-order valence-corrected chi connectivity index (χ3v) is 4.57. The van der Waals surface area contributed by atoms with Crippen LogP contribution in [-0.4, -0.2) is 72.5 Å². The number of morpholine rings is 1. The quantitative estimate of drug-likeness (QED) is 0.891. The molecule has 8 heteroatoms. The number of aromatic nitrogens is 1. The van der Waals surface area contributed by atoms with Crippen molar-refractivity contribution in [2.45, 2.75) is 33.0 Å². The largest absolute Gasteiger partial charge is 0.373 e. The van der Waals surface area contributed by atoms with Crippen LogP contribution in [0.5, 0.6) is 0 Å². The van der Waals surface area contributed by atoms with Crippen molar-refractivity contribution in [2.75, 3.05) is 39.0 Å². The molecule has 0 unspecified atom stereocenters. The zero-order valence-corrected chi connectivity index (χ0v) is 15.1. The van der Waals surface area contributed by atoms with Gasteiger partial charge in [-0.3, -0.25) is 14.5 Å². The molecule has 1 aliphatic rings. The maximum atomic E-state index is 12.2. The SMILES string of the molecule is Cc1nc(NC(=O)CN2C[C@@H](C)O[C@@H](C)C2)sc1C(=O)N(C)C. The second-order valence-corrected chi connectivity index (χ2v) is 7.13. The molecule has 2 rings (SSSR count). The van der Waals surface area contributed by atoms with E-state index in [1.165, 1.54) is 16.2 Å². The maximum absolute atomic E-state index is 12.2. The first-order valence-corrected chi connectivity index (χ1v) is 8.44. The molecule has 1 N–H and O–H groups in total. The Balaban J connectivity index is 1.95. The molecule has 2 heterocycles. The van der Waals surface area contributed by atoms with Crippen LogP contribution < -0.4 is 5.32 Å². The van der Waals surface area contributed by atoms with Crippen molar-refractivity contribution in [1.29, 1.82) is 0 Å². The lowest BCUT2D eigenvalue weighted by Crippen LogP contribution is -2.48. The summed E-state index contributed by atoms with van der Waals surface area (Å²) in [6, 6.07) is 0. The maximum Gasteiger partial charge on any atom is 0.265 e. The Morgan fingerprint density at radius 2 is 1.96 bits per heavy atom. The molecular weight excluding hydrogens is 316 g/mol. The first-order valence-electron chi connectivity index (χ1n) is 7.63. The van der Waals surface area contributed by atoms with Crippen LogP contribution in [0.4, 0.5) is 5.13 Å². The predicted molar refractivity (Wildman–Crippen MR) is 89.9 cm³/mol. The Morgan fingerprint density at radius 1 is 1.35 bits per heavy atom. The molecule has 1 fully saturated rings. The molecule has 0 aliphatic carbocycles. The van der Waals surface area contributed by atoms with Gasteiger partial charge in [-0.1, -0.05) is 11.3 Å². The number of anilines is 1. The Bertz CT molecular complexity index is 577. The fraction of sp³-hybridized carbons (Fsp3) is 0.667. The average molecular weight is 340 g/mol. The van der Waals surface area contributed by atoms with E-state index in [-0.39, 0.29) is 24.0 Å². The molecule has 1 aromatic heterocycles. The zero-order valence-electron chi connectivity index (χ0n) is 14.3. The molecule has 0 radical (unpaired) electrons. The second-order valence-electron chi connectivity index (χ2n) is 6.13. The highest BCUT2D eigenvalue weighted by atomic mass is 32.1. The Hall–Kier alpha value is -1.51. The minimum Gasteiger partial charge on any atom is -0.373 e. The van der Waals surface area contributed by atoms with Gasteiger partial charge in [0.15, 0.2) is 5.13 Å². The highest BCUT2D eigenvalue weighted by Crippen LogP contribution is 2.23. The van der Waals surface area contributed by atoms with Crippen LogP contribution in [0.15, 0.2) is 0 Å². The van der Waals surface area contributed by atoms with E-state index in [1.54, 1.807) is 21.0 Å². The summed E-state index contributed by atoms with van der Waals surface area (Å²) in [7, 11) is 3.39. The van der Waals surface area contributed by atoms with Gasteiger partial charge in [0.05, 0.1) is 24.4 Å². The molecule has 1 saturated heterocycles. The second kappa shape index (κ2) is 7.37. The number of carbonyl (C=O) groups excluding carboxylic acids is 2. The van der Waals surface area contributed by atoms with Gasteiger partial charge < -0.3 is 15.0 Å². The minimum absolute atomic E-state index is 0.101. The lowest BCUT2D eigenvalue weighted by atomic mass is 10.2. The van der Waals surface area contributed by atoms with E-state index in [0.29, 0.717) is 22.2 Å². The van der Waals surface area contributed by atoms with Crippen LogP contribution in [0.3, 0.4) is 0 Å². The number of hydrogen-bond acceptors (Lipinski definition) is 6. The van der Waals surface area contributed by atoms with Crippen LogP contribution in [-0.2, 0) is 9.53 Å². The highest BCUT2D eigenvalue weighted by molar-refractivity contribution is 7.17. The van der Waals surface area contributed by atoms with Crippen LogP contribution >= 0.6 is 11.3 Å². The average Bonchev–Trinajstić information content (AvgIpc) is 2.76. The molecule has 128 valence electrons. The third-order valence-electron chi connectivity index (χ3n) is 3.51.